The maximum absolute atomic E-state index is 6.06. The van der Waals surface area contributed by atoms with Gasteiger partial charge in [0, 0.05) is 18.7 Å². The Kier molecular flexibility index (Phi) is 4.41. The summed E-state index contributed by atoms with van der Waals surface area (Å²) in [5.74, 6) is 0.660. The van der Waals surface area contributed by atoms with Gasteiger partial charge in [0.15, 0.2) is 0 Å². The van der Waals surface area contributed by atoms with E-state index < -0.39 is 0 Å². The first-order valence-electron chi connectivity index (χ1n) is 7.02. The molecule has 2 rings (SSSR count). The average molecular weight is 247 g/mol. The smallest absolute Gasteiger partial charge is 0.0975 e. The van der Waals surface area contributed by atoms with Crippen LogP contribution < -0.4 is 5.32 Å². The largest absolute Gasteiger partial charge is 0.372 e. The van der Waals surface area contributed by atoms with Gasteiger partial charge in [0.05, 0.1) is 6.10 Å². The van der Waals surface area contributed by atoms with Gasteiger partial charge in [-0.3, -0.25) is 0 Å². The molecule has 2 nitrogen and oxygen atoms in total. The molecule has 0 saturated carbocycles. The van der Waals surface area contributed by atoms with Gasteiger partial charge in [-0.05, 0) is 31.7 Å². The van der Waals surface area contributed by atoms with Gasteiger partial charge >= 0.3 is 0 Å². The molecule has 0 aliphatic carbocycles. The Labute approximate surface area is 111 Å². The molecule has 18 heavy (non-hydrogen) atoms. The van der Waals surface area contributed by atoms with E-state index in [1.165, 1.54) is 11.1 Å². The Morgan fingerprint density at radius 3 is 2.50 bits per heavy atom. The van der Waals surface area contributed by atoms with Crippen LogP contribution in [0.5, 0.6) is 0 Å². The van der Waals surface area contributed by atoms with E-state index in [0.717, 1.165) is 13.0 Å². The highest BCUT2D eigenvalue weighted by atomic mass is 16.5. The van der Waals surface area contributed by atoms with Crippen molar-refractivity contribution < 1.29 is 4.74 Å². The number of aryl methyl sites for hydroxylation is 1. The monoisotopic (exact) mass is 247 g/mol. The number of nitrogens with one attached hydrogen (secondary N) is 1. The molecule has 1 N–H and O–H groups in total. The summed E-state index contributed by atoms with van der Waals surface area (Å²) in [6.45, 7) is 9.74. The van der Waals surface area contributed by atoms with Crippen LogP contribution in [0.15, 0.2) is 24.3 Å². The van der Waals surface area contributed by atoms with Gasteiger partial charge in [-0.2, -0.15) is 0 Å². The van der Waals surface area contributed by atoms with Crippen molar-refractivity contribution in [3.63, 3.8) is 0 Å². The second-order valence-electron chi connectivity index (χ2n) is 5.80. The lowest BCUT2D eigenvalue weighted by Crippen LogP contribution is -2.41. The van der Waals surface area contributed by atoms with Crippen molar-refractivity contribution in [2.45, 2.75) is 52.3 Å². The van der Waals surface area contributed by atoms with E-state index >= 15 is 0 Å². The lowest BCUT2D eigenvalue weighted by molar-refractivity contribution is 0.0461. The maximum atomic E-state index is 6.06. The number of ether oxygens (including phenoxy) is 1. The molecule has 3 atom stereocenters. The van der Waals surface area contributed by atoms with Gasteiger partial charge in [-0.15, -0.1) is 0 Å². The minimum absolute atomic E-state index is 0.175. The Bertz CT molecular complexity index is 371. The van der Waals surface area contributed by atoms with Crippen LogP contribution in [0.25, 0.3) is 0 Å². The van der Waals surface area contributed by atoms with E-state index in [0.29, 0.717) is 18.0 Å². The molecule has 100 valence electrons. The van der Waals surface area contributed by atoms with Gasteiger partial charge in [0.2, 0.25) is 0 Å². The van der Waals surface area contributed by atoms with Crippen molar-refractivity contribution in [3.05, 3.63) is 35.4 Å². The highest BCUT2D eigenvalue weighted by Crippen LogP contribution is 2.26. The Morgan fingerprint density at radius 1 is 1.22 bits per heavy atom. The minimum atomic E-state index is 0.175. The molecule has 1 aliphatic rings. The van der Waals surface area contributed by atoms with Crippen molar-refractivity contribution in [1.29, 1.82) is 0 Å². The van der Waals surface area contributed by atoms with Crippen LogP contribution in [0.3, 0.4) is 0 Å². The van der Waals surface area contributed by atoms with Crippen LogP contribution in [0.1, 0.15) is 44.4 Å². The molecule has 1 aliphatic heterocycles. The van der Waals surface area contributed by atoms with Crippen molar-refractivity contribution in [1.82, 2.24) is 5.32 Å². The number of hydrogen-bond donors (Lipinski definition) is 1. The SMILES string of the molecule is Cc1ccc(C2OCCC(C(C)C)NC2C)cc1. The van der Waals surface area contributed by atoms with Gasteiger partial charge in [-0.25, -0.2) is 0 Å². The van der Waals surface area contributed by atoms with Crippen LogP contribution in [0.4, 0.5) is 0 Å². The fraction of sp³-hybridized carbons (Fsp3) is 0.625. The van der Waals surface area contributed by atoms with Crippen LogP contribution in [-0.4, -0.2) is 18.7 Å². The Hall–Kier alpha value is -0.860. The van der Waals surface area contributed by atoms with Crippen LogP contribution >= 0.6 is 0 Å². The lowest BCUT2D eigenvalue weighted by atomic mass is 9.98. The van der Waals surface area contributed by atoms with Gasteiger partial charge in [0.25, 0.3) is 0 Å². The highest BCUT2D eigenvalue weighted by Gasteiger charge is 2.27. The summed E-state index contributed by atoms with van der Waals surface area (Å²) < 4.78 is 6.06. The molecule has 1 aromatic rings. The minimum Gasteiger partial charge on any atom is -0.372 e. The van der Waals surface area contributed by atoms with Crippen molar-refractivity contribution in [2.75, 3.05) is 6.61 Å². The number of benzene rings is 1. The van der Waals surface area contributed by atoms with Gasteiger partial charge in [0.1, 0.15) is 0 Å². The van der Waals surface area contributed by atoms with Crippen molar-refractivity contribution >= 4 is 0 Å². The van der Waals surface area contributed by atoms with E-state index in [-0.39, 0.29) is 6.10 Å². The lowest BCUT2D eigenvalue weighted by Gasteiger charge is -2.26. The third kappa shape index (κ3) is 3.12. The number of hydrogen-bond acceptors (Lipinski definition) is 2. The Balaban J connectivity index is 2.11. The van der Waals surface area contributed by atoms with Gasteiger partial charge in [-0.1, -0.05) is 43.7 Å². The van der Waals surface area contributed by atoms with E-state index in [1.54, 1.807) is 0 Å². The van der Waals surface area contributed by atoms with Crippen LogP contribution in [-0.2, 0) is 4.74 Å². The predicted molar refractivity (Wildman–Crippen MR) is 75.7 cm³/mol. The maximum Gasteiger partial charge on any atom is 0.0975 e. The third-order valence-electron chi connectivity index (χ3n) is 3.87. The summed E-state index contributed by atoms with van der Waals surface area (Å²) in [6, 6.07) is 9.63. The van der Waals surface area contributed by atoms with Crippen molar-refractivity contribution in [3.8, 4) is 0 Å². The first kappa shape index (κ1) is 13.6. The normalized spacial score (nSPS) is 29.3. The Morgan fingerprint density at radius 2 is 1.89 bits per heavy atom. The average Bonchev–Trinajstić information content (AvgIpc) is 2.52. The van der Waals surface area contributed by atoms with Gasteiger partial charge < -0.3 is 10.1 Å². The second kappa shape index (κ2) is 5.85. The second-order valence-corrected chi connectivity index (χ2v) is 5.80. The molecule has 1 saturated heterocycles. The van der Waals surface area contributed by atoms with E-state index in [2.05, 4.69) is 57.3 Å². The van der Waals surface area contributed by atoms with E-state index in [1.807, 2.05) is 0 Å². The molecule has 1 aromatic carbocycles. The van der Waals surface area contributed by atoms with E-state index in [4.69, 9.17) is 4.74 Å². The molecule has 1 heterocycles. The van der Waals surface area contributed by atoms with E-state index in [9.17, 15) is 0 Å². The molecule has 3 unspecified atom stereocenters. The molecular weight excluding hydrogens is 222 g/mol. The fourth-order valence-electron chi connectivity index (χ4n) is 2.64. The first-order chi connectivity index (χ1) is 8.58. The summed E-state index contributed by atoms with van der Waals surface area (Å²) in [4.78, 5) is 0. The van der Waals surface area contributed by atoms with Crippen LogP contribution in [0, 0.1) is 12.8 Å². The summed E-state index contributed by atoms with van der Waals surface area (Å²) in [6.07, 6.45) is 1.28. The molecular formula is C16H25NO. The molecule has 1 fully saturated rings. The molecule has 0 aromatic heterocycles. The summed E-state index contributed by atoms with van der Waals surface area (Å²) in [5, 5.41) is 3.72. The van der Waals surface area contributed by atoms with Crippen LogP contribution in [0.2, 0.25) is 0 Å². The zero-order chi connectivity index (χ0) is 13.1. The highest BCUT2D eigenvalue weighted by molar-refractivity contribution is 5.24. The molecule has 2 heteroatoms. The molecule has 0 bridgehead atoms. The zero-order valence-corrected chi connectivity index (χ0v) is 11.9. The quantitative estimate of drug-likeness (QED) is 0.864. The molecule has 0 radical (unpaired) electrons. The summed E-state index contributed by atoms with van der Waals surface area (Å²) in [7, 11) is 0. The third-order valence-corrected chi connectivity index (χ3v) is 3.87. The fourth-order valence-corrected chi connectivity index (χ4v) is 2.64. The topological polar surface area (TPSA) is 21.3 Å². The number of rotatable bonds is 2. The molecule has 0 spiro atoms. The van der Waals surface area contributed by atoms with Crippen molar-refractivity contribution in [2.24, 2.45) is 5.92 Å². The predicted octanol–water partition coefficient (Wildman–Crippen LogP) is 3.46. The molecule has 0 amide bonds. The summed E-state index contributed by atoms with van der Waals surface area (Å²) >= 11 is 0. The standard InChI is InChI=1S/C16H25NO/c1-11(2)15-9-10-18-16(13(4)17-15)14-7-5-12(3)6-8-14/h5-8,11,13,15-17H,9-10H2,1-4H3. The summed E-state index contributed by atoms with van der Waals surface area (Å²) in [5.41, 5.74) is 2.58. The first-order valence-corrected chi connectivity index (χ1v) is 7.02. The zero-order valence-electron chi connectivity index (χ0n) is 11.9.